The molecule has 4 heterocycles. The molecular formula is C20H19F3N8O4S2. The second kappa shape index (κ2) is 8.90. The van der Waals surface area contributed by atoms with Gasteiger partial charge < -0.3 is 14.9 Å². The van der Waals surface area contributed by atoms with Crippen LogP contribution in [0.2, 0.25) is 0 Å². The quantitative estimate of drug-likeness (QED) is 0.449. The molecule has 1 amide bonds. The topological polar surface area (TPSA) is 157 Å². The van der Waals surface area contributed by atoms with Crippen molar-refractivity contribution in [1.82, 2.24) is 29.2 Å². The number of amides is 1. The summed E-state index contributed by atoms with van der Waals surface area (Å²) in [5.74, 6) is -0.461. The van der Waals surface area contributed by atoms with Crippen LogP contribution < -0.4 is 9.62 Å². The number of aliphatic hydroxyl groups excluding tert-OH is 1. The van der Waals surface area contributed by atoms with Gasteiger partial charge in [0.1, 0.15) is 17.0 Å². The lowest BCUT2D eigenvalue weighted by atomic mass is 10.2. The highest BCUT2D eigenvalue weighted by Gasteiger charge is 2.47. The molecule has 2 N–H and O–H groups in total. The van der Waals surface area contributed by atoms with Gasteiger partial charge in [-0.25, -0.2) is 13.4 Å². The van der Waals surface area contributed by atoms with Gasteiger partial charge in [0.05, 0.1) is 23.5 Å². The standard InChI is InChI=1S/C20H19F3N8O4S2/c21-20(22,23)18-27-26-17(36-18)16-25-8-14-13(29-3-5-30(6-4-29)15(33)10-32)7-12(9-31(14)16)37(34,35)28-19(11-24)1-2-19/h7-9,28,32H,1-6,10H2. The first-order valence-electron chi connectivity index (χ1n) is 11.0. The van der Waals surface area contributed by atoms with E-state index in [4.69, 9.17) is 5.11 Å². The molecule has 3 aromatic rings. The Labute approximate surface area is 212 Å². The zero-order valence-corrected chi connectivity index (χ0v) is 20.6. The molecule has 3 aromatic heterocycles. The maximum Gasteiger partial charge on any atom is 0.445 e. The van der Waals surface area contributed by atoms with E-state index in [0.717, 1.165) is 0 Å². The van der Waals surface area contributed by atoms with Gasteiger partial charge in [-0.2, -0.15) is 23.2 Å². The largest absolute Gasteiger partial charge is 0.445 e. The fraction of sp³-hybridized carbons (Fsp3) is 0.450. The van der Waals surface area contributed by atoms with Gasteiger partial charge in [0.25, 0.3) is 0 Å². The number of carbonyl (C=O) groups is 1. The summed E-state index contributed by atoms with van der Waals surface area (Å²) in [5.41, 5.74) is -0.371. The number of nitriles is 1. The predicted octanol–water partition coefficient (Wildman–Crippen LogP) is 0.847. The molecule has 0 unspecified atom stereocenters. The van der Waals surface area contributed by atoms with Crippen LogP contribution >= 0.6 is 11.3 Å². The van der Waals surface area contributed by atoms with Crippen LogP contribution in [0.3, 0.4) is 0 Å². The molecule has 2 aliphatic rings. The minimum absolute atomic E-state index is 0.0307. The molecule has 37 heavy (non-hydrogen) atoms. The number of imidazole rings is 1. The smallest absolute Gasteiger partial charge is 0.387 e. The number of nitrogens with zero attached hydrogens (tertiary/aromatic N) is 7. The van der Waals surface area contributed by atoms with Crippen LogP contribution in [0.15, 0.2) is 23.4 Å². The number of piperazine rings is 1. The zero-order valence-electron chi connectivity index (χ0n) is 18.9. The fourth-order valence-electron chi connectivity index (χ4n) is 4.02. The van der Waals surface area contributed by atoms with Gasteiger partial charge >= 0.3 is 6.18 Å². The minimum Gasteiger partial charge on any atom is -0.387 e. The van der Waals surface area contributed by atoms with Crippen molar-refractivity contribution in [2.75, 3.05) is 37.7 Å². The zero-order chi connectivity index (χ0) is 26.6. The van der Waals surface area contributed by atoms with Crippen molar-refractivity contribution < 1.29 is 31.5 Å². The lowest BCUT2D eigenvalue weighted by Crippen LogP contribution is -2.49. The van der Waals surface area contributed by atoms with Crippen molar-refractivity contribution in [2.45, 2.75) is 29.5 Å². The number of anilines is 1. The Kier molecular flexibility index (Phi) is 6.09. The maximum absolute atomic E-state index is 13.2. The van der Waals surface area contributed by atoms with Crippen molar-refractivity contribution in [3.05, 3.63) is 23.5 Å². The average molecular weight is 557 g/mol. The molecule has 1 saturated heterocycles. The Morgan fingerprint density at radius 3 is 2.51 bits per heavy atom. The molecule has 0 aromatic carbocycles. The molecule has 0 spiro atoms. The summed E-state index contributed by atoms with van der Waals surface area (Å²) in [6.45, 7) is 0.517. The highest BCUT2D eigenvalue weighted by molar-refractivity contribution is 7.89. The van der Waals surface area contributed by atoms with Crippen LogP contribution in [-0.2, 0) is 21.0 Å². The van der Waals surface area contributed by atoms with E-state index in [9.17, 15) is 31.6 Å². The van der Waals surface area contributed by atoms with Gasteiger partial charge in [0, 0.05) is 32.4 Å². The van der Waals surface area contributed by atoms with E-state index < -0.39 is 39.3 Å². The summed E-state index contributed by atoms with van der Waals surface area (Å²) in [6.07, 6.45) is -1.36. The first kappa shape index (κ1) is 25.3. The molecule has 5 rings (SSSR count). The number of hydrogen-bond acceptors (Lipinski definition) is 10. The number of sulfonamides is 1. The van der Waals surface area contributed by atoms with E-state index in [1.165, 1.54) is 27.8 Å². The number of pyridine rings is 1. The first-order valence-corrected chi connectivity index (χ1v) is 13.3. The van der Waals surface area contributed by atoms with Crippen molar-refractivity contribution >= 4 is 38.5 Å². The Hall–Kier alpha value is -3.33. The summed E-state index contributed by atoms with van der Waals surface area (Å²) in [7, 11) is -4.20. The SMILES string of the molecule is N#CC1(NS(=O)(=O)c2cc(N3CCN(C(=O)CO)CC3)c3cnc(-c4nnc(C(F)(F)F)s4)n3c2)CC1. The second-order valence-electron chi connectivity index (χ2n) is 8.63. The van der Waals surface area contributed by atoms with Crippen molar-refractivity contribution in [2.24, 2.45) is 0 Å². The third-order valence-corrected chi connectivity index (χ3v) is 8.63. The number of fused-ring (bicyclic) bond motifs is 1. The lowest BCUT2D eigenvalue weighted by molar-refractivity contribution is -0.138. The molecule has 0 atom stereocenters. The number of aromatic nitrogens is 4. The first-order chi connectivity index (χ1) is 17.5. The van der Waals surface area contributed by atoms with Crippen LogP contribution in [0.5, 0.6) is 0 Å². The molecular weight excluding hydrogens is 537 g/mol. The van der Waals surface area contributed by atoms with Gasteiger partial charge in [0.2, 0.25) is 20.9 Å². The number of rotatable bonds is 6. The van der Waals surface area contributed by atoms with Gasteiger partial charge in [-0.05, 0) is 18.9 Å². The number of aliphatic hydroxyl groups is 1. The number of halogens is 3. The van der Waals surface area contributed by atoms with Crippen molar-refractivity contribution in [3.8, 4) is 16.9 Å². The summed E-state index contributed by atoms with van der Waals surface area (Å²) < 4.78 is 69.6. The summed E-state index contributed by atoms with van der Waals surface area (Å²) >= 11 is 0.277. The molecule has 0 bridgehead atoms. The average Bonchev–Trinajstić information content (AvgIpc) is 3.25. The lowest BCUT2D eigenvalue weighted by Gasteiger charge is -2.36. The predicted molar refractivity (Wildman–Crippen MR) is 123 cm³/mol. The highest BCUT2D eigenvalue weighted by Crippen LogP contribution is 2.38. The molecule has 17 heteroatoms. The third-order valence-electron chi connectivity index (χ3n) is 6.17. The normalized spacial score (nSPS) is 17.7. The van der Waals surface area contributed by atoms with Gasteiger partial charge in [-0.1, -0.05) is 11.3 Å². The monoisotopic (exact) mass is 556 g/mol. The number of carbonyl (C=O) groups excluding carboxylic acids is 1. The molecule has 196 valence electrons. The molecule has 0 radical (unpaired) electrons. The van der Waals surface area contributed by atoms with Crippen LogP contribution in [0, 0.1) is 11.3 Å². The molecule has 12 nitrogen and oxygen atoms in total. The van der Waals surface area contributed by atoms with E-state index in [1.807, 2.05) is 11.0 Å². The molecule has 1 aliphatic carbocycles. The van der Waals surface area contributed by atoms with E-state index in [0.29, 0.717) is 37.1 Å². The van der Waals surface area contributed by atoms with E-state index in [2.05, 4.69) is 19.9 Å². The number of hydrogen-bond donors (Lipinski definition) is 2. The summed E-state index contributed by atoms with van der Waals surface area (Å²) in [6, 6.07) is 3.37. The van der Waals surface area contributed by atoms with Gasteiger partial charge in [-0.3, -0.25) is 9.20 Å². The van der Waals surface area contributed by atoms with Crippen LogP contribution in [0.1, 0.15) is 17.8 Å². The van der Waals surface area contributed by atoms with Crippen molar-refractivity contribution in [1.29, 1.82) is 5.26 Å². The van der Waals surface area contributed by atoms with E-state index in [1.54, 1.807) is 0 Å². The van der Waals surface area contributed by atoms with Gasteiger partial charge in [-0.15, -0.1) is 10.2 Å². The molecule has 1 saturated carbocycles. The molecule has 2 fully saturated rings. The van der Waals surface area contributed by atoms with Crippen molar-refractivity contribution in [3.63, 3.8) is 0 Å². The maximum atomic E-state index is 13.2. The number of nitrogens with one attached hydrogen (secondary N) is 1. The third kappa shape index (κ3) is 4.72. The summed E-state index contributed by atoms with van der Waals surface area (Å²) in [4.78, 5) is 19.1. The minimum atomic E-state index is -4.70. The number of alkyl halides is 3. The Morgan fingerprint density at radius 1 is 1.24 bits per heavy atom. The van der Waals surface area contributed by atoms with Crippen LogP contribution in [0.4, 0.5) is 18.9 Å². The summed E-state index contributed by atoms with van der Waals surface area (Å²) in [5, 5.41) is 24.0. The van der Waals surface area contributed by atoms with Crippen LogP contribution in [0.25, 0.3) is 16.3 Å². The Bertz CT molecular complexity index is 1520. The van der Waals surface area contributed by atoms with E-state index >= 15 is 0 Å². The van der Waals surface area contributed by atoms with Gasteiger partial charge in [0.15, 0.2) is 10.8 Å². The Balaban J connectivity index is 1.60. The molecule has 1 aliphatic heterocycles. The highest BCUT2D eigenvalue weighted by atomic mass is 32.2. The van der Waals surface area contributed by atoms with E-state index in [-0.39, 0.29) is 40.2 Å². The van der Waals surface area contributed by atoms with Crippen LogP contribution in [-0.4, -0.2) is 82.2 Å². The Morgan fingerprint density at radius 2 is 1.95 bits per heavy atom. The second-order valence-corrected chi connectivity index (χ2v) is 11.3. The fourth-order valence-corrected chi connectivity index (χ4v) is 6.11.